The van der Waals surface area contributed by atoms with E-state index in [1.165, 1.54) is 22.3 Å². The Morgan fingerprint density at radius 1 is 0.458 bits per heavy atom. The third kappa shape index (κ3) is 3.18. The lowest BCUT2D eigenvalue weighted by molar-refractivity contribution is 0.583. The van der Waals surface area contributed by atoms with Crippen LogP contribution in [-0.4, -0.2) is 9.13 Å². The van der Waals surface area contributed by atoms with Gasteiger partial charge in [0.1, 0.15) is 0 Å². The maximum Gasteiger partial charge on any atom is 0.0399 e. The Morgan fingerprint density at radius 3 is 1.29 bits per heavy atom. The van der Waals surface area contributed by atoms with Crippen LogP contribution in [0.5, 0.6) is 0 Å². The van der Waals surface area contributed by atoms with E-state index >= 15 is 0 Å². The molecule has 2 nitrogen and oxygen atoms in total. The summed E-state index contributed by atoms with van der Waals surface area (Å²) in [6.07, 6.45) is 8.75. The highest BCUT2D eigenvalue weighted by molar-refractivity contribution is 5.63. The Bertz CT molecular complexity index is 824. The largest absolute Gasteiger partial charge is 0.352 e. The van der Waals surface area contributed by atoms with Gasteiger partial charge in [-0.2, -0.15) is 0 Å². The molecule has 0 aliphatic carbocycles. The summed E-state index contributed by atoms with van der Waals surface area (Å²) in [7, 11) is 0. The zero-order valence-electron chi connectivity index (χ0n) is 13.5. The van der Waals surface area contributed by atoms with Crippen LogP contribution in [0.4, 0.5) is 0 Å². The second-order valence-electron chi connectivity index (χ2n) is 6.01. The van der Waals surface area contributed by atoms with Crippen LogP contribution < -0.4 is 0 Å². The molecule has 2 heteroatoms. The van der Waals surface area contributed by atoms with Crippen molar-refractivity contribution in [3.63, 3.8) is 0 Å². The highest BCUT2D eigenvalue weighted by Crippen LogP contribution is 2.20. The van der Waals surface area contributed by atoms with Gasteiger partial charge in [0.25, 0.3) is 0 Å². The predicted molar refractivity (Wildman–Crippen MR) is 99.7 cm³/mol. The van der Waals surface area contributed by atoms with Crippen LogP contribution in [0.3, 0.4) is 0 Å². The van der Waals surface area contributed by atoms with E-state index in [0.717, 1.165) is 13.1 Å². The third-order valence-electron chi connectivity index (χ3n) is 4.33. The van der Waals surface area contributed by atoms with Crippen molar-refractivity contribution in [1.29, 1.82) is 0 Å². The predicted octanol–water partition coefficient (Wildman–Crippen LogP) is 5.32. The first-order valence-electron chi connectivity index (χ1n) is 8.31. The summed E-state index contributed by atoms with van der Waals surface area (Å²) < 4.78 is 4.51. The van der Waals surface area contributed by atoms with Gasteiger partial charge in [-0.1, -0.05) is 60.7 Å². The fourth-order valence-electron chi connectivity index (χ4n) is 2.99. The third-order valence-corrected chi connectivity index (χ3v) is 4.33. The number of aromatic nitrogens is 2. The Kier molecular flexibility index (Phi) is 4.03. The van der Waals surface area contributed by atoms with E-state index in [2.05, 4.69) is 107 Å². The molecule has 0 unspecified atom stereocenters. The Balaban J connectivity index is 1.43. The van der Waals surface area contributed by atoms with Crippen molar-refractivity contribution >= 4 is 0 Å². The molecule has 0 aliphatic rings. The van der Waals surface area contributed by atoms with Crippen LogP contribution >= 0.6 is 0 Å². The molecule has 2 heterocycles. The number of aryl methyl sites for hydroxylation is 2. The Labute approximate surface area is 142 Å². The molecule has 4 rings (SSSR count). The van der Waals surface area contributed by atoms with Crippen LogP contribution in [0.1, 0.15) is 0 Å². The van der Waals surface area contributed by atoms with Gasteiger partial charge in [-0.3, -0.25) is 0 Å². The second kappa shape index (κ2) is 6.63. The topological polar surface area (TPSA) is 9.86 Å². The molecule has 118 valence electrons. The number of rotatable bonds is 5. The average Bonchev–Trinajstić information content (AvgIpc) is 3.31. The van der Waals surface area contributed by atoms with Gasteiger partial charge in [-0.05, 0) is 34.4 Å². The normalized spacial score (nSPS) is 10.8. The van der Waals surface area contributed by atoms with E-state index in [-0.39, 0.29) is 0 Å². The van der Waals surface area contributed by atoms with E-state index in [0.29, 0.717) is 0 Å². The number of benzene rings is 2. The summed E-state index contributed by atoms with van der Waals surface area (Å²) in [5.74, 6) is 0. The summed E-state index contributed by atoms with van der Waals surface area (Å²) in [4.78, 5) is 0. The molecule has 2 aromatic heterocycles. The van der Waals surface area contributed by atoms with Crippen molar-refractivity contribution in [1.82, 2.24) is 9.13 Å². The first-order chi connectivity index (χ1) is 11.9. The fraction of sp³-hybridized carbons (Fsp3) is 0.0909. The lowest BCUT2D eigenvalue weighted by atomic mass is 10.1. The molecule has 0 saturated carbocycles. The van der Waals surface area contributed by atoms with Gasteiger partial charge in [0.05, 0.1) is 0 Å². The highest BCUT2D eigenvalue weighted by Gasteiger charge is 2.02. The van der Waals surface area contributed by atoms with Crippen molar-refractivity contribution in [3.05, 3.63) is 97.6 Å². The fourth-order valence-corrected chi connectivity index (χ4v) is 2.99. The zero-order chi connectivity index (χ0) is 16.2. The first kappa shape index (κ1) is 14.6. The summed E-state index contributed by atoms with van der Waals surface area (Å²) in [6, 6.07) is 25.4. The Morgan fingerprint density at radius 2 is 0.875 bits per heavy atom. The highest BCUT2D eigenvalue weighted by atomic mass is 15.0. The average molecular weight is 312 g/mol. The van der Waals surface area contributed by atoms with Crippen LogP contribution in [-0.2, 0) is 13.1 Å². The van der Waals surface area contributed by atoms with E-state index in [1.807, 2.05) is 0 Å². The minimum Gasteiger partial charge on any atom is -0.352 e. The van der Waals surface area contributed by atoms with Gasteiger partial charge in [-0.15, -0.1) is 0 Å². The smallest absolute Gasteiger partial charge is 0.0399 e. The molecule has 0 atom stereocenters. The van der Waals surface area contributed by atoms with Gasteiger partial charge >= 0.3 is 0 Å². The molecule has 0 N–H and O–H groups in total. The van der Waals surface area contributed by atoms with Gasteiger partial charge in [0.2, 0.25) is 0 Å². The van der Waals surface area contributed by atoms with Gasteiger partial charge < -0.3 is 9.13 Å². The summed E-state index contributed by atoms with van der Waals surface area (Å²) in [5.41, 5.74) is 5.08. The minimum atomic E-state index is 0.968. The second-order valence-corrected chi connectivity index (χ2v) is 6.01. The summed E-state index contributed by atoms with van der Waals surface area (Å²) >= 11 is 0. The first-order valence-corrected chi connectivity index (χ1v) is 8.31. The molecular formula is C22H20N2. The molecule has 0 bridgehead atoms. The van der Waals surface area contributed by atoms with Crippen LogP contribution in [0.15, 0.2) is 97.6 Å². The standard InChI is InChI=1S/C22H20N2/c1-3-7-19(8-4-1)21-11-13-23(17-21)15-16-24-14-12-22(18-24)20-9-5-2-6-10-20/h1-14,17-18H,15-16H2. The van der Waals surface area contributed by atoms with Gasteiger partial charge in [-0.25, -0.2) is 0 Å². The molecule has 0 amide bonds. The molecule has 2 aromatic carbocycles. The lowest BCUT2D eigenvalue weighted by Crippen LogP contribution is -2.03. The molecular weight excluding hydrogens is 292 g/mol. The monoisotopic (exact) mass is 312 g/mol. The molecule has 0 aliphatic heterocycles. The molecule has 4 aromatic rings. The molecule has 0 saturated heterocycles. The van der Waals surface area contributed by atoms with Crippen LogP contribution in [0, 0.1) is 0 Å². The van der Waals surface area contributed by atoms with E-state index in [9.17, 15) is 0 Å². The van der Waals surface area contributed by atoms with Crippen molar-refractivity contribution in [3.8, 4) is 22.3 Å². The molecule has 0 radical (unpaired) electrons. The van der Waals surface area contributed by atoms with E-state index in [4.69, 9.17) is 0 Å². The summed E-state index contributed by atoms with van der Waals surface area (Å²) in [6.45, 7) is 1.94. The number of hydrogen-bond acceptors (Lipinski definition) is 0. The quantitative estimate of drug-likeness (QED) is 0.472. The van der Waals surface area contributed by atoms with Crippen molar-refractivity contribution < 1.29 is 0 Å². The van der Waals surface area contributed by atoms with Crippen LogP contribution in [0.2, 0.25) is 0 Å². The van der Waals surface area contributed by atoms with Gasteiger partial charge in [0.15, 0.2) is 0 Å². The van der Waals surface area contributed by atoms with E-state index in [1.54, 1.807) is 0 Å². The lowest BCUT2D eigenvalue weighted by Gasteiger charge is -2.05. The SMILES string of the molecule is c1ccc(-c2ccn(CCn3ccc(-c4ccccc4)c3)c2)cc1. The number of nitrogens with zero attached hydrogens (tertiary/aromatic N) is 2. The van der Waals surface area contributed by atoms with E-state index < -0.39 is 0 Å². The molecule has 24 heavy (non-hydrogen) atoms. The summed E-state index contributed by atoms with van der Waals surface area (Å²) in [5, 5.41) is 0. The van der Waals surface area contributed by atoms with Crippen molar-refractivity contribution in [2.75, 3.05) is 0 Å². The van der Waals surface area contributed by atoms with Gasteiger partial charge in [0, 0.05) is 37.9 Å². The van der Waals surface area contributed by atoms with Crippen molar-refractivity contribution in [2.45, 2.75) is 13.1 Å². The minimum absolute atomic E-state index is 0.968. The maximum absolute atomic E-state index is 2.25. The van der Waals surface area contributed by atoms with Crippen LogP contribution in [0.25, 0.3) is 22.3 Å². The molecule has 0 fully saturated rings. The zero-order valence-corrected chi connectivity index (χ0v) is 13.5. The Hall–Kier alpha value is -3.00. The number of hydrogen-bond donors (Lipinski definition) is 0. The maximum atomic E-state index is 2.25. The van der Waals surface area contributed by atoms with Crippen molar-refractivity contribution in [2.24, 2.45) is 0 Å². The molecule has 0 spiro atoms.